The van der Waals surface area contributed by atoms with E-state index in [0.29, 0.717) is 27.7 Å². The summed E-state index contributed by atoms with van der Waals surface area (Å²) in [5.41, 5.74) is 4.00. The van der Waals surface area contributed by atoms with Crippen molar-refractivity contribution in [1.29, 1.82) is 0 Å². The Bertz CT molecular complexity index is 1920. The number of halogens is 1. The van der Waals surface area contributed by atoms with Gasteiger partial charge in [0.25, 0.3) is 11.8 Å². The van der Waals surface area contributed by atoms with Crippen LogP contribution in [0.5, 0.6) is 5.75 Å². The van der Waals surface area contributed by atoms with Gasteiger partial charge < -0.3 is 20.7 Å². The van der Waals surface area contributed by atoms with E-state index in [-0.39, 0.29) is 11.6 Å². The van der Waals surface area contributed by atoms with Crippen LogP contribution in [0.15, 0.2) is 138 Å². The van der Waals surface area contributed by atoms with Crippen LogP contribution in [0.25, 0.3) is 6.08 Å². The molecule has 5 rings (SSSR count). The predicted octanol–water partition coefficient (Wildman–Crippen LogP) is 8.54. The third kappa shape index (κ3) is 8.91. The lowest BCUT2D eigenvalue weighted by Gasteiger charge is -2.19. The van der Waals surface area contributed by atoms with E-state index in [9.17, 15) is 14.4 Å². The molecule has 0 aliphatic rings. The molecule has 5 aromatic rings. The Hall–Kier alpha value is -5.31. The number of thioether (sulfide) groups is 1. The van der Waals surface area contributed by atoms with Crippen LogP contribution in [0.4, 0.5) is 11.4 Å². The molecule has 0 saturated carbocycles. The van der Waals surface area contributed by atoms with Crippen molar-refractivity contribution in [2.24, 2.45) is 0 Å². The maximum Gasteiger partial charge on any atom is 0.272 e. The molecule has 0 saturated heterocycles. The van der Waals surface area contributed by atoms with E-state index in [1.165, 1.54) is 18.9 Å². The molecule has 1 unspecified atom stereocenters. The smallest absolute Gasteiger partial charge is 0.272 e. The minimum absolute atomic E-state index is 0.0863. The minimum Gasteiger partial charge on any atom is -0.495 e. The van der Waals surface area contributed by atoms with Crippen LogP contribution in [-0.2, 0) is 9.59 Å². The minimum atomic E-state index is -0.646. The Kier molecular flexibility index (Phi) is 11.1. The quantitative estimate of drug-likeness (QED) is 0.0974. The van der Waals surface area contributed by atoms with Crippen LogP contribution in [0, 0.1) is 6.92 Å². The van der Waals surface area contributed by atoms with Crippen molar-refractivity contribution < 1.29 is 19.1 Å². The number of hydrogen-bond acceptors (Lipinski definition) is 5. The molecule has 0 heterocycles. The molecule has 0 aromatic heterocycles. The second kappa shape index (κ2) is 15.8. The largest absolute Gasteiger partial charge is 0.495 e. The van der Waals surface area contributed by atoms with E-state index in [4.69, 9.17) is 16.3 Å². The number of ether oxygens (including phenoxy) is 1. The van der Waals surface area contributed by atoms with E-state index in [1.54, 1.807) is 66.7 Å². The lowest BCUT2D eigenvalue weighted by Crippen LogP contribution is -2.30. The molecular weight excluding hydrogens is 630 g/mol. The number of aryl methyl sites for hydroxylation is 1. The molecule has 1 atom stereocenters. The van der Waals surface area contributed by atoms with Crippen molar-refractivity contribution >= 4 is 58.5 Å². The van der Waals surface area contributed by atoms with Gasteiger partial charge in [-0.15, -0.1) is 11.8 Å². The zero-order valence-corrected chi connectivity index (χ0v) is 27.3. The second-order valence-electron chi connectivity index (χ2n) is 10.5. The van der Waals surface area contributed by atoms with Crippen LogP contribution in [0.2, 0.25) is 5.02 Å². The number of amides is 3. The standard InChI is InChI=1S/C38H32ClN3O4S/c1-25-12-9-10-17-28(25)22-33(42-36(43)27-15-7-4-8-16-27)37(44)40-30-18-11-19-31(24-30)47-35(26-13-5-3-6-14-26)38(45)41-32-23-29(39)20-21-34(32)46-2/h3-24,35H,1-2H3,(H,40,44)(H,41,45)(H,42,43)/b33-22-. The van der Waals surface area contributed by atoms with E-state index in [2.05, 4.69) is 16.0 Å². The van der Waals surface area contributed by atoms with E-state index >= 15 is 0 Å². The fraction of sp³-hybridized carbons (Fsp3) is 0.0789. The van der Waals surface area contributed by atoms with Gasteiger partial charge in [0.2, 0.25) is 5.91 Å². The van der Waals surface area contributed by atoms with Crippen molar-refractivity contribution in [2.45, 2.75) is 17.1 Å². The fourth-order valence-electron chi connectivity index (χ4n) is 4.71. The first-order valence-corrected chi connectivity index (χ1v) is 16.0. The molecule has 0 radical (unpaired) electrons. The normalized spacial score (nSPS) is 11.7. The molecule has 0 aliphatic heterocycles. The second-order valence-corrected chi connectivity index (χ2v) is 12.1. The van der Waals surface area contributed by atoms with Gasteiger partial charge in [-0.2, -0.15) is 0 Å². The summed E-state index contributed by atoms with van der Waals surface area (Å²) in [5, 5.41) is 8.47. The molecule has 7 nitrogen and oxygen atoms in total. The Morgan fingerprint density at radius 1 is 0.787 bits per heavy atom. The van der Waals surface area contributed by atoms with Gasteiger partial charge in [-0.25, -0.2) is 0 Å². The average molecular weight is 662 g/mol. The van der Waals surface area contributed by atoms with Gasteiger partial charge in [0.15, 0.2) is 0 Å². The maximum absolute atomic E-state index is 13.7. The Morgan fingerprint density at radius 2 is 1.49 bits per heavy atom. The molecule has 3 N–H and O–H groups in total. The summed E-state index contributed by atoms with van der Waals surface area (Å²) < 4.78 is 5.42. The fourth-order valence-corrected chi connectivity index (χ4v) is 5.96. The van der Waals surface area contributed by atoms with Crippen LogP contribution in [0.1, 0.15) is 32.3 Å². The molecule has 0 bridgehead atoms. The highest BCUT2D eigenvalue weighted by Crippen LogP contribution is 2.38. The molecular formula is C38H32ClN3O4S. The third-order valence-electron chi connectivity index (χ3n) is 7.12. The summed E-state index contributed by atoms with van der Waals surface area (Å²) in [5.74, 6) is -0.690. The lowest BCUT2D eigenvalue weighted by molar-refractivity contribution is -0.116. The molecule has 0 aliphatic carbocycles. The molecule has 9 heteroatoms. The highest BCUT2D eigenvalue weighted by Gasteiger charge is 2.24. The van der Waals surface area contributed by atoms with Crippen molar-refractivity contribution in [3.05, 3.63) is 160 Å². The number of carbonyl (C=O) groups is 3. The number of carbonyl (C=O) groups excluding carboxylic acids is 3. The number of benzene rings is 5. The predicted molar refractivity (Wildman–Crippen MR) is 190 cm³/mol. The SMILES string of the molecule is COc1ccc(Cl)cc1NC(=O)C(Sc1cccc(NC(=O)/C(=C/c2ccccc2C)NC(=O)c2ccccc2)c1)c1ccccc1. The third-order valence-corrected chi connectivity index (χ3v) is 8.61. The van der Waals surface area contributed by atoms with E-state index in [0.717, 1.165) is 21.6 Å². The van der Waals surface area contributed by atoms with Crippen molar-refractivity contribution in [1.82, 2.24) is 5.32 Å². The van der Waals surface area contributed by atoms with Crippen molar-refractivity contribution in [3.63, 3.8) is 0 Å². The highest BCUT2D eigenvalue weighted by molar-refractivity contribution is 8.00. The van der Waals surface area contributed by atoms with Gasteiger partial charge in [-0.1, -0.05) is 90.5 Å². The molecule has 5 aromatic carbocycles. The summed E-state index contributed by atoms with van der Waals surface area (Å²) in [6, 6.07) is 37.9. The number of methoxy groups -OCH3 is 1. The Balaban J connectivity index is 1.39. The van der Waals surface area contributed by atoms with Crippen molar-refractivity contribution in [3.8, 4) is 5.75 Å². The number of hydrogen-bond donors (Lipinski definition) is 3. The molecule has 47 heavy (non-hydrogen) atoms. The number of nitrogens with one attached hydrogen (secondary N) is 3. The maximum atomic E-state index is 13.7. The number of anilines is 2. The summed E-state index contributed by atoms with van der Waals surface area (Å²) in [6.07, 6.45) is 1.66. The van der Waals surface area contributed by atoms with Crippen molar-refractivity contribution in [2.75, 3.05) is 17.7 Å². The van der Waals surface area contributed by atoms with Crippen LogP contribution >= 0.6 is 23.4 Å². The van der Waals surface area contributed by atoms with Gasteiger partial charge in [0, 0.05) is 21.2 Å². The molecule has 236 valence electrons. The van der Waals surface area contributed by atoms with Gasteiger partial charge in [-0.05, 0) is 78.2 Å². The van der Waals surface area contributed by atoms with Crippen LogP contribution in [0.3, 0.4) is 0 Å². The zero-order chi connectivity index (χ0) is 33.2. The van der Waals surface area contributed by atoms with E-state index in [1.807, 2.05) is 73.7 Å². The van der Waals surface area contributed by atoms with E-state index < -0.39 is 17.1 Å². The lowest BCUT2D eigenvalue weighted by atomic mass is 10.1. The van der Waals surface area contributed by atoms with Crippen LogP contribution in [-0.4, -0.2) is 24.8 Å². The molecule has 0 spiro atoms. The van der Waals surface area contributed by atoms with Gasteiger partial charge in [0.1, 0.15) is 16.7 Å². The topological polar surface area (TPSA) is 96.5 Å². The summed E-state index contributed by atoms with van der Waals surface area (Å²) in [6.45, 7) is 1.93. The summed E-state index contributed by atoms with van der Waals surface area (Å²) in [4.78, 5) is 41.2. The van der Waals surface area contributed by atoms with Gasteiger partial charge in [0.05, 0.1) is 12.8 Å². The Morgan fingerprint density at radius 3 is 2.21 bits per heavy atom. The molecule has 3 amide bonds. The highest BCUT2D eigenvalue weighted by atomic mass is 35.5. The van der Waals surface area contributed by atoms with Crippen LogP contribution < -0.4 is 20.7 Å². The number of rotatable bonds is 11. The Labute approximate surface area is 283 Å². The summed E-state index contributed by atoms with van der Waals surface area (Å²) >= 11 is 7.53. The zero-order valence-electron chi connectivity index (χ0n) is 25.7. The monoisotopic (exact) mass is 661 g/mol. The first kappa shape index (κ1) is 33.1. The molecule has 0 fully saturated rings. The average Bonchev–Trinajstić information content (AvgIpc) is 3.08. The van der Waals surface area contributed by atoms with Gasteiger partial charge >= 0.3 is 0 Å². The van der Waals surface area contributed by atoms with Gasteiger partial charge in [-0.3, -0.25) is 14.4 Å². The first-order chi connectivity index (χ1) is 22.8. The summed E-state index contributed by atoms with van der Waals surface area (Å²) in [7, 11) is 1.52. The first-order valence-electron chi connectivity index (χ1n) is 14.7.